The molecule has 2 rings (SSSR count). The quantitative estimate of drug-likeness (QED) is 0.524. The van der Waals surface area contributed by atoms with Crippen LogP contribution >= 0.6 is 0 Å². The van der Waals surface area contributed by atoms with Crippen LogP contribution in [0, 0.1) is 6.92 Å². The van der Waals surface area contributed by atoms with Crippen molar-refractivity contribution < 1.29 is 23.8 Å². The van der Waals surface area contributed by atoms with Gasteiger partial charge in [0.15, 0.2) is 18.1 Å². The van der Waals surface area contributed by atoms with Gasteiger partial charge < -0.3 is 19.5 Å². The minimum atomic E-state index is -0.607. The van der Waals surface area contributed by atoms with Gasteiger partial charge in [-0.3, -0.25) is 4.79 Å². The standard InChI is InChI=1S/C22H25NO5/c1-4-12-27-19-10-8-17(14-20(19)26-3)9-11-22(25)28-15-21(24)23-18-7-5-6-16(2)13-18/h5-11,13-14H,4,12,15H2,1-3H3,(H,23,24)/b11-9+. The van der Waals surface area contributed by atoms with Crippen LogP contribution in [-0.4, -0.2) is 32.2 Å². The maximum absolute atomic E-state index is 11.9. The summed E-state index contributed by atoms with van der Waals surface area (Å²) in [6, 6.07) is 12.7. The number of anilines is 1. The van der Waals surface area contributed by atoms with Gasteiger partial charge in [-0.15, -0.1) is 0 Å². The molecule has 0 spiro atoms. The fourth-order valence-corrected chi connectivity index (χ4v) is 2.39. The molecule has 6 nitrogen and oxygen atoms in total. The topological polar surface area (TPSA) is 73.9 Å². The minimum absolute atomic E-state index is 0.357. The Bertz CT molecular complexity index is 845. The molecule has 1 amide bonds. The molecule has 1 N–H and O–H groups in total. The summed E-state index contributed by atoms with van der Waals surface area (Å²) in [6.45, 7) is 4.20. The molecule has 28 heavy (non-hydrogen) atoms. The molecule has 0 aromatic heterocycles. The number of ether oxygens (including phenoxy) is 3. The summed E-state index contributed by atoms with van der Waals surface area (Å²) in [7, 11) is 1.56. The zero-order chi connectivity index (χ0) is 20.4. The highest BCUT2D eigenvalue weighted by Gasteiger charge is 2.07. The van der Waals surface area contributed by atoms with Crippen molar-refractivity contribution in [2.45, 2.75) is 20.3 Å². The van der Waals surface area contributed by atoms with Crippen LogP contribution in [0.15, 0.2) is 48.5 Å². The molecule has 0 aliphatic heterocycles. The molecule has 0 saturated heterocycles. The van der Waals surface area contributed by atoms with E-state index in [2.05, 4.69) is 5.32 Å². The molecule has 0 bridgehead atoms. The van der Waals surface area contributed by atoms with Gasteiger partial charge >= 0.3 is 5.97 Å². The Kier molecular flexibility index (Phi) is 8.09. The van der Waals surface area contributed by atoms with Crippen molar-refractivity contribution in [1.29, 1.82) is 0 Å². The zero-order valence-electron chi connectivity index (χ0n) is 16.4. The van der Waals surface area contributed by atoms with Gasteiger partial charge in [0.1, 0.15) is 0 Å². The number of methoxy groups -OCH3 is 1. The third-order valence-electron chi connectivity index (χ3n) is 3.71. The summed E-state index contributed by atoms with van der Waals surface area (Å²) in [6.07, 6.45) is 3.75. The molecular formula is C22H25NO5. The maximum atomic E-state index is 11.9. The Morgan fingerprint density at radius 2 is 1.93 bits per heavy atom. The average molecular weight is 383 g/mol. The van der Waals surface area contributed by atoms with E-state index in [1.54, 1.807) is 31.4 Å². The Morgan fingerprint density at radius 3 is 2.64 bits per heavy atom. The van der Waals surface area contributed by atoms with E-state index in [-0.39, 0.29) is 6.61 Å². The largest absolute Gasteiger partial charge is 0.493 e. The lowest BCUT2D eigenvalue weighted by Gasteiger charge is -2.10. The number of carbonyl (C=O) groups is 2. The van der Waals surface area contributed by atoms with Crippen molar-refractivity contribution in [3.05, 3.63) is 59.7 Å². The highest BCUT2D eigenvalue weighted by Crippen LogP contribution is 2.28. The molecule has 0 atom stereocenters. The lowest BCUT2D eigenvalue weighted by molar-refractivity contribution is -0.142. The summed E-state index contributed by atoms with van der Waals surface area (Å²) >= 11 is 0. The van der Waals surface area contributed by atoms with E-state index in [0.29, 0.717) is 23.8 Å². The SMILES string of the molecule is CCCOc1ccc(/C=C/C(=O)OCC(=O)Nc2cccc(C)c2)cc1OC. The van der Waals surface area contributed by atoms with E-state index in [9.17, 15) is 9.59 Å². The molecular weight excluding hydrogens is 358 g/mol. The number of benzene rings is 2. The lowest BCUT2D eigenvalue weighted by atomic mass is 10.2. The maximum Gasteiger partial charge on any atom is 0.331 e. The second-order valence-electron chi connectivity index (χ2n) is 6.12. The summed E-state index contributed by atoms with van der Waals surface area (Å²) in [4.78, 5) is 23.7. The van der Waals surface area contributed by atoms with Gasteiger partial charge in [0.2, 0.25) is 0 Å². The molecule has 0 fully saturated rings. The number of hydrogen-bond donors (Lipinski definition) is 1. The molecule has 0 aliphatic rings. The van der Waals surface area contributed by atoms with Crippen molar-refractivity contribution >= 4 is 23.6 Å². The van der Waals surface area contributed by atoms with Gasteiger partial charge in [-0.2, -0.15) is 0 Å². The number of nitrogens with one attached hydrogen (secondary N) is 1. The fourth-order valence-electron chi connectivity index (χ4n) is 2.39. The molecule has 2 aromatic rings. The summed E-state index contributed by atoms with van der Waals surface area (Å²) in [5.41, 5.74) is 2.44. The van der Waals surface area contributed by atoms with E-state index in [4.69, 9.17) is 14.2 Å². The number of rotatable bonds is 9. The molecule has 0 saturated carbocycles. The molecule has 0 heterocycles. The van der Waals surface area contributed by atoms with Crippen LogP contribution in [0.25, 0.3) is 6.08 Å². The number of hydrogen-bond acceptors (Lipinski definition) is 5. The van der Waals surface area contributed by atoms with E-state index >= 15 is 0 Å². The highest BCUT2D eigenvalue weighted by molar-refractivity contribution is 5.94. The first-order valence-corrected chi connectivity index (χ1v) is 9.04. The van der Waals surface area contributed by atoms with Crippen molar-refractivity contribution in [3.63, 3.8) is 0 Å². The van der Waals surface area contributed by atoms with E-state index in [1.807, 2.05) is 38.1 Å². The third-order valence-corrected chi connectivity index (χ3v) is 3.71. The van der Waals surface area contributed by atoms with Crippen LogP contribution in [0.1, 0.15) is 24.5 Å². The van der Waals surface area contributed by atoms with Gasteiger partial charge in [0.25, 0.3) is 5.91 Å². The molecule has 0 radical (unpaired) electrons. The zero-order valence-corrected chi connectivity index (χ0v) is 16.4. The van der Waals surface area contributed by atoms with Crippen LogP contribution in [0.3, 0.4) is 0 Å². The molecule has 0 aliphatic carbocycles. The summed E-state index contributed by atoms with van der Waals surface area (Å²) < 4.78 is 15.9. The Morgan fingerprint density at radius 1 is 1.11 bits per heavy atom. The third kappa shape index (κ3) is 6.79. The number of esters is 1. The van der Waals surface area contributed by atoms with Crippen molar-refractivity contribution in [1.82, 2.24) is 0 Å². The highest BCUT2D eigenvalue weighted by atomic mass is 16.5. The minimum Gasteiger partial charge on any atom is -0.493 e. The van der Waals surface area contributed by atoms with Crippen LogP contribution < -0.4 is 14.8 Å². The van der Waals surface area contributed by atoms with Gasteiger partial charge in [-0.1, -0.05) is 25.1 Å². The lowest BCUT2D eigenvalue weighted by Crippen LogP contribution is -2.20. The monoisotopic (exact) mass is 383 g/mol. The Labute approximate surface area is 165 Å². The fraction of sp³-hybridized carbons (Fsp3) is 0.273. The van der Waals surface area contributed by atoms with Gasteiger partial charge in [-0.05, 0) is 54.8 Å². The van der Waals surface area contributed by atoms with E-state index in [1.165, 1.54) is 6.08 Å². The predicted octanol–water partition coefficient (Wildman–Crippen LogP) is 3.99. The molecule has 148 valence electrons. The van der Waals surface area contributed by atoms with E-state index in [0.717, 1.165) is 17.5 Å². The Hall–Kier alpha value is -3.28. The molecule has 0 unspecified atom stereocenters. The van der Waals surface area contributed by atoms with Gasteiger partial charge in [0, 0.05) is 11.8 Å². The number of amides is 1. The van der Waals surface area contributed by atoms with Crippen LogP contribution in [0.5, 0.6) is 11.5 Å². The second-order valence-corrected chi connectivity index (χ2v) is 6.12. The predicted molar refractivity (Wildman–Crippen MR) is 109 cm³/mol. The van der Waals surface area contributed by atoms with Crippen molar-refractivity contribution in [2.75, 3.05) is 25.6 Å². The first-order valence-electron chi connectivity index (χ1n) is 9.04. The van der Waals surface area contributed by atoms with Crippen LogP contribution in [0.2, 0.25) is 0 Å². The van der Waals surface area contributed by atoms with Crippen molar-refractivity contribution in [3.8, 4) is 11.5 Å². The second kappa shape index (κ2) is 10.8. The van der Waals surface area contributed by atoms with Crippen LogP contribution in [0.4, 0.5) is 5.69 Å². The first-order chi connectivity index (χ1) is 13.5. The number of carbonyl (C=O) groups excluding carboxylic acids is 2. The van der Waals surface area contributed by atoms with Crippen molar-refractivity contribution in [2.24, 2.45) is 0 Å². The smallest absolute Gasteiger partial charge is 0.331 e. The molecule has 6 heteroatoms. The first kappa shape index (κ1) is 21.0. The summed E-state index contributed by atoms with van der Waals surface area (Å²) in [5.74, 6) is 0.231. The molecule has 2 aromatic carbocycles. The van der Waals surface area contributed by atoms with Gasteiger partial charge in [0.05, 0.1) is 13.7 Å². The normalized spacial score (nSPS) is 10.5. The average Bonchev–Trinajstić information content (AvgIpc) is 2.69. The van der Waals surface area contributed by atoms with Crippen LogP contribution in [-0.2, 0) is 14.3 Å². The number of aryl methyl sites for hydroxylation is 1. The Balaban J connectivity index is 1.86. The van der Waals surface area contributed by atoms with Gasteiger partial charge in [-0.25, -0.2) is 4.79 Å². The van der Waals surface area contributed by atoms with E-state index < -0.39 is 11.9 Å². The summed E-state index contributed by atoms with van der Waals surface area (Å²) in [5, 5.41) is 2.68.